The smallest absolute Gasteiger partial charge is 0.301 e. The van der Waals surface area contributed by atoms with Crippen molar-refractivity contribution < 1.29 is 19.1 Å². The third-order valence-corrected chi connectivity index (χ3v) is 8.12. The highest BCUT2D eigenvalue weighted by Crippen LogP contribution is 2.44. The van der Waals surface area contributed by atoms with Crippen LogP contribution in [-0.2, 0) is 15.3 Å². The number of aromatic nitrogens is 3. The SMILES string of the molecule is Cc1ccc(C)c(/C(O)=C2\C(=O)C(=O)N(c3nnc(SCc4ccc(F)cc4)s3)C2c2ccncc2)c1. The first-order chi connectivity index (χ1) is 17.8. The van der Waals surface area contributed by atoms with E-state index in [4.69, 9.17) is 0 Å². The van der Waals surface area contributed by atoms with Crippen LogP contribution in [-0.4, -0.2) is 32.0 Å². The predicted molar refractivity (Wildman–Crippen MR) is 141 cm³/mol. The number of nitrogens with zero attached hydrogens (tertiary/aromatic N) is 4. The number of thioether (sulfide) groups is 1. The van der Waals surface area contributed by atoms with Crippen molar-refractivity contribution in [3.63, 3.8) is 0 Å². The van der Waals surface area contributed by atoms with Gasteiger partial charge in [-0.15, -0.1) is 10.2 Å². The molecule has 37 heavy (non-hydrogen) atoms. The summed E-state index contributed by atoms with van der Waals surface area (Å²) in [5.41, 5.74) is 3.68. The summed E-state index contributed by atoms with van der Waals surface area (Å²) in [6.07, 6.45) is 3.13. The molecule has 10 heteroatoms. The molecule has 7 nitrogen and oxygen atoms in total. The lowest BCUT2D eigenvalue weighted by Gasteiger charge is -2.22. The zero-order valence-corrected chi connectivity index (χ0v) is 21.5. The van der Waals surface area contributed by atoms with Gasteiger partial charge in [0, 0.05) is 23.7 Å². The molecule has 2 aromatic heterocycles. The van der Waals surface area contributed by atoms with Gasteiger partial charge < -0.3 is 5.11 Å². The van der Waals surface area contributed by atoms with E-state index in [1.807, 2.05) is 26.0 Å². The molecule has 2 aromatic carbocycles. The number of benzene rings is 2. The number of anilines is 1. The van der Waals surface area contributed by atoms with Crippen LogP contribution in [0.4, 0.5) is 9.52 Å². The lowest BCUT2D eigenvalue weighted by Crippen LogP contribution is -2.29. The normalized spacial score (nSPS) is 16.9. The lowest BCUT2D eigenvalue weighted by molar-refractivity contribution is -0.132. The Kier molecular flexibility index (Phi) is 6.86. The van der Waals surface area contributed by atoms with E-state index in [2.05, 4.69) is 15.2 Å². The molecular weight excluding hydrogens is 511 g/mol. The molecule has 1 aliphatic heterocycles. The number of hydrogen-bond donors (Lipinski definition) is 1. The number of carbonyl (C=O) groups is 2. The van der Waals surface area contributed by atoms with Gasteiger partial charge in [-0.2, -0.15) is 0 Å². The minimum absolute atomic E-state index is 0.0133. The molecule has 1 saturated heterocycles. The van der Waals surface area contributed by atoms with Crippen LogP contribution in [0.2, 0.25) is 0 Å². The topological polar surface area (TPSA) is 96.3 Å². The zero-order valence-electron chi connectivity index (χ0n) is 19.9. The molecule has 1 atom stereocenters. The summed E-state index contributed by atoms with van der Waals surface area (Å²) >= 11 is 2.57. The van der Waals surface area contributed by atoms with E-state index in [-0.39, 0.29) is 22.3 Å². The van der Waals surface area contributed by atoms with Gasteiger partial charge in [0.25, 0.3) is 5.78 Å². The van der Waals surface area contributed by atoms with Crippen molar-refractivity contribution in [2.24, 2.45) is 0 Å². The Morgan fingerprint density at radius 1 is 1.05 bits per heavy atom. The number of pyridine rings is 1. The molecule has 4 aromatic rings. The highest BCUT2D eigenvalue weighted by atomic mass is 32.2. The number of rotatable bonds is 6. The van der Waals surface area contributed by atoms with E-state index in [1.165, 1.54) is 40.1 Å². The average molecular weight is 533 g/mol. The number of amides is 1. The summed E-state index contributed by atoms with van der Waals surface area (Å²) in [6, 6.07) is 14.2. The van der Waals surface area contributed by atoms with Gasteiger partial charge in [-0.05, 0) is 60.9 Å². The van der Waals surface area contributed by atoms with E-state index < -0.39 is 17.7 Å². The van der Waals surface area contributed by atoms with Gasteiger partial charge in [-0.1, -0.05) is 52.9 Å². The third-order valence-electron chi connectivity index (χ3n) is 5.99. The molecule has 1 unspecified atom stereocenters. The first-order valence-electron chi connectivity index (χ1n) is 11.3. The van der Waals surface area contributed by atoms with Gasteiger partial charge in [-0.3, -0.25) is 19.5 Å². The van der Waals surface area contributed by atoms with Gasteiger partial charge in [0.2, 0.25) is 5.13 Å². The second kappa shape index (κ2) is 10.2. The number of aliphatic hydroxyl groups is 1. The van der Waals surface area contributed by atoms with Crippen LogP contribution < -0.4 is 4.90 Å². The van der Waals surface area contributed by atoms with Crippen LogP contribution >= 0.6 is 23.1 Å². The van der Waals surface area contributed by atoms with Crippen molar-refractivity contribution in [1.29, 1.82) is 0 Å². The molecule has 1 aliphatic rings. The maximum absolute atomic E-state index is 13.3. The Balaban J connectivity index is 1.54. The number of carbonyl (C=O) groups excluding carboxylic acids is 2. The first-order valence-corrected chi connectivity index (χ1v) is 13.1. The molecular formula is C27H21FN4O3S2. The Morgan fingerprint density at radius 2 is 1.78 bits per heavy atom. The number of halogens is 1. The van der Waals surface area contributed by atoms with Crippen LogP contribution in [0.15, 0.2) is 76.9 Å². The van der Waals surface area contributed by atoms with Crippen LogP contribution in [0.25, 0.3) is 5.76 Å². The summed E-state index contributed by atoms with van der Waals surface area (Å²) in [4.78, 5) is 32.0. The zero-order chi connectivity index (χ0) is 26.1. The highest BCUT2D eigenvalue weighted by Gasteiger charge is 2.48. The predicted octanol–water partition coefficient (Wildman–Crippen LogP) is 5.61. The third kappa shape index (κ3) is 4.90. The molecule has 3 heterocycles. The second-order valence-electron chi connectivity index (χ2n) is 8.53. The standard InChI is InChI=1S/C27H21FN4O3S2/c1-15-3-4-16(2)20(13-15)23(33)21-22(18-9-11-29-12-10-18)32(25(35)24(21)34)26-30-31-27(37-26)36-14-17-5-7-19(28)8-6-17/h3-13,22,33H,14H2,1-2H3/b23-21+. The number of aryl methyl sites for hydroxylation is 2. The Morgan fingerprint density at radius 3 is 2.51 bits per heavy atom. The summed E-state index contributed by atoms with van der Waals surface area (Å²) in [7, 11) is 0. The number of aliphatic hydroxyl groups excluding tert-OH is 1. The lowest BCUT2D eigenvalue weighted by atomic mass is 9.94. The van der Waals surface area contributed by atoms with Crippen molar-refractivity contribution in [3.05, 3.63) is 106 Å². The maximum atomic E-state index is 13.3. The first kappa shape index (κ1) is 24.8. The van der Waals surface area contributed by atoms with Crippen LogP contribution in [0, 0.1) is 19.7 Å². The van der Waals surface area contributed by atoms with E-state index in [1.54, 1.807) is 42.7 Å². The van der Waals surface area contributed by atoms with E-state index in [9.17, 15) is 19.1 Å². The number of Topliss-reactive ketones (excluding diaryl/α,β-unsaturated/α-hetero) is 1. The molecule has 1 N–H and O–H groups in total. The van der Waals surface area contributed by atoms with Gasteiger partial charge in [0.15, 0.2) is 4.34 Å². The van der Waals surface area contributed by atoms with Crippen LogP contribution in [0.5, 0.6) is 0 Å². The van der Waals surface area contributed by atoms with Gasteiger partial charge in [0.1, 0.15) is 11.6 Å². The fourth-order valence-electron chi connectivity index (χ4n) is 4.11. The highest BCUT2D eigenvalue weighted by molar-refractivity contribution is 8.00. The molecule has 5 rings (SSSR count). The van der Waals surface area contributed by atoms with Gasteiger partial charge in [-0.25, -0.2) is 4.39 Å². The monoisotopic (exact) mass is 532 g/mol. The van der Waals surface area contributed by atoms with Gasteiger partial charge >= 0.3 is 5.91 Å². The molecule has 1 fully saturated rings. The van der Waals surface area contributed by atoms with Crippen molar-refractivity contribution >= 4 is 45.7 Å². The van der Waals surface area contributed by atoms with Crippen molar-refractivity contribution in [3.8, 4) is 0 Å². The number of ketones is 1. The molecule has 0 aliphatic carbocycles. The molecule has 0 saturated carbocycles. The summed E-state index contributed by atoms with van der Waals surface area (Å²) in [5.74, 6) is -1.59. The molecule has 0 spiro atoms. The van der Waals surface area contributed by atoms with Gasteiger partial charge in [0.05, 0.1) is 11.6 Å². The fraction of sp³-hybridized carbons (Fsp3) is 0.148. The summed E-state index contributed by atoms with van der Waals surface area (Å²) in [6.45, 7) is 3.73. The van der Waals surface area contributed by atoms with Crippen molar-refractivity contribution in [2.75, 3.05) is 4.90 Å². The molecule has 1 amide bonds. The Labute approximate surface area is 220 Å². The summed E-state index contributed by atoms with van der Waals surface area (Å²) < 4.78 is 13.8. The van der Waals surface area contributed by atoms with E-state index >= 15 is 0 Å². The quantitative estimate of drug-likeness (QED) is 0.113. The fourth-order valence-corrected chi connectivity index (χ4v) is 5.93. The number of hydrogen-bond acceptors (Lipinski definition) is 8. The van der Waals surface area contributed by atoms with Crippen molar-refractivity contribution in [2.45, 2.75) is 30.0 Å². The Bertz CT molecular complexity index is 1520. The molecule has 0 radical (unpaired) electrons. The largest absolute Gasteiger partial charge is 0.507 e. The minimum Gasteiger partial charge on any atom is -0.507 e. The molecule has 0 bridgehead atoms. The maximum Gasteiger partial charge on any atom is 0.301 e. The van der Waals surface area contributed by atoms with E-state index in [0.717, 1.165) is 16.7 Å². The minimum atomic E-state index is -0.897. The van der Waals surface area contributed by atoms with E-state index in [0.29, 0.717) is 21.2 Å². The Hall–Kier alpha value is -3.89. The molecule has 186 valence electrons. The van der Waals surface area contributed by atoms with Crippen LogP contribution in [0.1, 0.15) is 33.9 Å². The average Bonchev–Trinajstić information content (AvgIpc) is 3.47. The second-order valence-corrected chi connectivity index (χ2v) is 10.7. The van der Waals surface area contributed by atoms with Crippen LogP contribution in [0.3, 0.4) is 0 Å². The van der Waals surface area contributed by atoms with Crippen molar-refractivity contribution in [1.82, 2.24) is 15.2 Å². The summed E-state index contributed by atoms with van der Waals surface area (Å²) in [5, 5.41) is 20.0.